The number of aromatic hydroxyl groups is 2. The molecule has 0 amide bonds. The topological polar surface area (TPSA) is 76.0 Å². The summed E-state index contributed by atoms with van der Waals surface area (Å²) in [6.07, 6.45) is 2.00. The van der Waals surface area contributed by atoms with Gasteiger partial charge < -0.3 is 19.7 Å². The summed E-state index contributed by atoms with van der Waals surface area (Å²) in [4.78, 5) is 12.2. The molecule has 0 aromatic heterocycles. The van der Waals surface area contributed by atoms with Crippen molar-refractivity contribution in [3.05, 3.63) is 47.5 Å². The van der Waals surface area contributed by atoms with Crippen LogP contribution in [-0.4, -0.2) is 22.8 Å². The van der Waals surface area contributed by atoms with Crippen LogP contribution in [0, 0.1) is 5.92 Å². The van der Waals surface area contributed by atoms with Gasteiger partial charge in [0.15, 0.2) is 28.8 Å². The fraction of sp³-hybridized carbons (Fsp3) is 0.316. The molecule has 0 bridgehead atoms. The number of phenols is 2. The molecule has 3 rings (SSSR count). The van der Waals surface area contributed by atoms with E-state index in [1.54, 1.807) is 0 Å². The van der Waals surface area contributed by atoms with E-state index in [1.165, 1.54) is 18.2 Å². The lowest BCUT2D eigenvalue weighted by Gasteiger charge is -2.11. The summed E-state index contributed by atoms with van der Waals surface area (Å²) in [6, 6.07) is 10.1. The molecule has 0 saturated carbocycles. The molecule has 2 aromatic carbocycles. The van der Waals surface area contributed by atoms with E-state index >= 15 is 0 Å². The molecule has 0 spiro atoms. The number of hydrogen-bond donors (Lipinski definition) is 2. The average molecular weight is 328 g/mol. The van der Waals surface area contributed by atoms with Crippen molar-refractivity contribution < 1.29 is 24.5 Å². The van der Waals surface area contributed by atoms with Crippen molar-refractivity contribution in [2.24, 2.45) is 5.92 Å². The van der Waals surface area contributed by atoms with E-state index < -0.39 is 0 Å². The second-order valence-electron chi connectivity index (χ2n) is 6.16. The van der Waals surface area contributed by atoms with Crippen LogP contribution in [0.5, 0.6) is 23.0 Å². The first-order valence-corrected chi connectivity index (χ1v) is 7.96. The Labute approximate surface area is 140 Å². The third-order valence-electron chi connectivity index (χ3n) is 4.18. The number of ketones is 1. The lowest BCUT2D eigenvalue weighted by Crippen LogP contribution is -2.05. The minimum Gasteiger partial charge on any atom is -0.504 e. The highest BCUT2D eigenvalue weighted by atomic mass is 16.7. The smallest absolute Gasteiger partial charge is 0.231 e. The molecular formula is C19H20O5. The molecule has 1 aliphatic rings. The van der Waals surface area contributed by atoms with Gasteiger partial charge in [0.05, 0.1) is 0 Å². The number of hydrogen-bond acceptors (Lipinski definition) is 5. The minimum absolute atomic E-state index is 0.0390. The first-order valence-electron chi connectivity index (χ1n) is 7.96. The van der Waals surface area contributed by atoms with Crippen molar-refractivity contribution >= 4 is 5.78 Å². The van der Waals surface area contributed by atoms with Gasteiger partial charge in [0.25, 0.3) is 0 Å². The van der Waals surface area contributed by atoms with Gasteiger partial charge in [-0.15, -0.1) is 0 Å². The maximum Gasteiger partial charge on any atom is 0.231 e. The summed E-state index contributed by atoms with van der Waals surface area (Å²) >= 11 is 0. The predicted molar refractivity (Wildman–Crippen MR) is 88.8 cm³/mol. The van der Waals surface area contributed by atoms with Crippen LogP contribution < -0.4 is 9.47 Å². The fourth-order valence-corrected chi connectivity index (χ4v) is 2.79. The van der Waals surface area contributed by atoms with Gasteiger partial charge in [0, 0.05) is 12.0 Å². The largest absolute Gasteiger partial charge is 0.504 e. The second-order valence-corrected chi connectivity index (χ2v) is 6.16. The van der Waals surface area contributed by atoms with Gasteiger partial charge >= 0.3 is 0 Å². The van der Waals surface area contributed by atoms with Gasteiger partial charge in [-0.3, -0.25) is 4.79 Å². The summed E-state index contributed by atoms with van der Waals surface area (Å²) < 4.78 is 10.7. The second kappa shape index (κ2) is 6.83. The minimum atomic E-state index is -0.269. The highest BCUT2D eigenvalue weighted by Gasteiger charge is 2.15. The Kier molecular flexibility index (Phi) is 4.60. The van der Waals surface area contributed by atoms with Crippen molar-refractivity contribution in [3.8, 4) is 23.0 Å². The number of Topliss-reactive ketones (excluding diaryl/α,β-unsaturated/α-hetero) is 1. The molecule has 1 heterocycles. The van der Waals surface area contributed by atoms with Crippen LogP contribution in [0.2, 0.25) is 0 Å². The molecule has 1 unspecified atom stereocenters. The number of rotatable bonds is 6. The normalized spacial score (nSPS) is 13.7. The molecule has 0 saturated heterocycles. The maximum atomic E-state index is 12.2. The van der Waals surface area contributed by atoms with Gasteiger partial charge in [-0.25, -0.2) is 0 Å². The molecule has 24 heavy (non-hydrogen) atoms. The maximum absolute atomic E-state index is 12.2. The Morgan fingerprint density at radius 2 is 1.88 bits per heavy atom. The van der Waals surface area contributed by atoms with Crippen LogP contribution in [-0.2, 0) is 6.42 Å². The number of fused-ring (bicyclic) bond motifs is 1. The quantitative estimate of drug-likeness (QED) is 0.625. The SMILES string of the molecule is CC(CCC(=O)c1ccc(O)c(O)c1)Cc1ccc2c(c1)OCO2. The van der Waals surface area contributed by atoms with Gasteiger partial charge in [0.2, 0.25) is 6.79 Å². The van der Waals surface area contributed by atoms with Crippen molar-refractivity contribution in [1.82, 2.24) is 0 Å². The summed E-state index contributed by atoms with van der Waals surface area (Å²) in [5, 5.41) is 18.8. The summed E-state index contributed by atoms with van der Waals surface area (Å²) in [5.74, 6) is 1.35. The Hall–Kier alpha value is -2.69. The van der Waals surface area contributed by atoms with Crippen LogP contribution in [0.15, 0.2) is 36.4 Å². The van der Waals surface area contributed by atoms with Crippen molar-refractivity contribution in [2.45, 2.75) is 26.2 Å². The molecule has 0 aliphatic carbocycles. The molecule has 0 fully saturated rings. The van der Waals surface area contributed by atoms with Crippen molar-refractivity contribution in [2.75, 3.05) is 6.79 Å². The molecule has 1 atom stereocenters. The highest BCUT2D eigenvalue weighted by Crippen LogP contribution is 2.33. The van der Waals surface area contributed by atoms with E-state index in [1.807, 2.05) is 18.2 Å². The standard InChI is InChI=1S/C19H20O5/c1-12(8-13-3-7-18-19(9-13)24-11-23-18)2-5-15(20)14-4-6-16(21)17(22)10-14/h3-4,6-7,9-10,12,21-22H,2,5,8,11H2,1H3. The van der Waals surface area contributed by atoms with Gasteiger partial charge in [-0.05, 0) is 54.7 Å². The average Bonchev–Trinajstić information content (AvgIpc) is 3.03. The van der Waals surface area contributed by atoms with Crippen LogP contribution in [0.25, 0.3) is 0 Å². The molecule has 2 aromatic rings. The summed E-state index contributed by atoms with van der Waals surface area (Å²) in [7, 11) is 0. The van der Waals surface area contributed by atoms with Crippen molar-refractivity contribution in [1.29, 1.82) is 0 Å². The van der Waals surface area contributed by atoms with E-state index in [4.69, 9.17) is 9.47 Å². The molecular weight excluding hydrogens is 308 g/mol. The number of benzene rings is 2. The number of ether oxygens (including phenoxy) is 2. The van der Waals surface area contributed by atoms with E-state index in [9.17, 15) is 15.0 Å². The third-order valence-corrected chi connectivity index (χ3v) is 4.18. The first kappa shape index (κ1) is 16.2. The number of carbonyl (C=O) groups is 1. The first-order chi connectivity index (χ1) is 11.5. The highest BCUT2D eigenvalue weighted by molar-refractivity contribution is 5.96. The Bertz CT molecular complexity index is 753. The van der Waals surface area contributed by atoms with Crippen LogP contribution in [0.3, 0.4) is 0 Å². The molecule has 2 N–H and O–H groups in total. The Balaban J connectivity index is 1.54. The fourth-order valence-electron chi connectivity index (χ4n) is 2.79. The van der Waals surface area contributed by atoms with Gasteiger partial charge in [-0.1, -0.05) is 13.0 Å². The molecule has 1 aliphatic heterocycles. The van der Waals surface area contributed by atoms with E-state index in [0.29, 0.717) is 17.9 Å². The van der Waals surface area contributed by atoms with Gasteiger partial charge in [-0.2, -0.15) is 0 Å². The molecule has 5 nitrogen and oxygen atoms in total. The van der Waals surface area contributed by atoms with Crippen LogP contribution in [0.4, 0.5) is 0 Å². The summed E-state index contributed by atoms with van der Waals surface area (Å²) in [6.45, 7) is 2.37. The lowest BCUT2D eigenvalue weighted by molar-refractivity contribution is 0.0974. The monoisotopic (exact) mass is 328 g/mol. The van der Waals surface area contributed by atoms with Gasteiger partial charge in [0.1, 0.15) is 0 Å². The molecule has 0 radical (unpaired) electrons. The number of carbonyl (C=O) groups excluding carboxylic acids is 1. The predicted octanol–water partition coefficient (Wildman–Crippen LogP) is 3.67. The zero-order valence-corrected chi connectivity index (χ0v) is 13.5. The lowest BCUT2D eigenvalue weighted by atomic mass is 9.94. The summed E-state index contributed by atoms with van der Waals surface area (Å²) in [5.41, 5.74) is 1.57. The third kappa shape index (κ3) is 3.62. The Morgan fingerprint density at radius 1 is 1.08 bits per heavy atom. The molecule has 126 valence electrons. The van der Waals surface area contributed by atoms with Crippen LogP contribution >= 0.6 is 0 Å². The van der Waals surface area contributed by atoms with Crippen molar-refractivity contribution in [3.63, 3.8) is 0 Å². The Morgan fingerprint density at radius 3 is 2.67 bits per heavy atom. The number of phenolic OH excluding ortho intramolecular Hbond substituents is 2. The zero-order chi connectivity index (χ0) is 17.1. The van der Waals surface area contributed by atoms with E-state index in [2.05, 4.69) is 6.92 Å². The van der Waals surface area contributed by atoms with E-state index in [-0.39, 0.29) is 24.1 Å². The van der Waals surface area contributed by atoms with Crippen LogP contribution in [0.1, 0.15) is 35.7 Å². The zero-order valence-electron chi connectivity index (χ0n) is 13.5. The van der Waals surface area contributed by atoms with E-state index in [0.717, 1.165) is 29.9 Å². The molecule has 5 heteroatoms.